The Morgan fingerprint density at radius 3 is 2.80 bits per heavy atom. The number of rotatable bonds is 3. The third-order valence-corrected chi connectivity index (χ3v) is 0.724. The molecule has 1 N–H and O–H groups in total. The van der Waals surface area contributed by atoms with Crippen LogP contribution in [-0.4, -0.2) is 26.2 Å². The molecule has 3 nitrogen and oxygen atoms in total. The third-order valence-electron chi connectivity index (χ3n) is 0.724. The predicted molar refractivity (Wildman–Crippen MR) is 41.0 cm³/mol. The highest BCUT2D eigenvalue weighted by Gasteiger charge is 1.94. The Morgan fingerprint density at radius 2 is 2.40 bits per heavy atom. The summed E-state index contributed by atoms with van der Waals surface area (Å²) in [7, 11) is 1.33. The maximum Gasteiger partial charge on any atom is 0.319 e. The van der Waals surface area contributed by atoms with Crippen molar-refractivity contribution in [3.05, 3.63) is 0 Å². The van der Waals surface area contributed by atoms with Crippen LogP contribution in [-0.2, 0) is 9.53 Å². The molecule has 0 saturated carbocycles. The van der Waals surface area contributed by atoms with Crippen LogP contribution < -0.4 is 5.32 Å². The van der Waals surface area contributed by atoms with E-state index in [9.17, 15) is 4.79 Å². The van der Waals surface area contributed by atoms with E-state index in [1.165, 1.54) is 7.11 Å². The van der Waals surface area contributed by atoms with E-state index in [-0.39, 0.29) is 24.9 Å². The van der Waals surface area contributed by atoms with Crippen LogP contribution in [0.4, 0.5) is 0 Å². The summed E-state index contributed by atoms with van der Waals surface area (Å²) in [6.45, 7) is 0.579. The van der Waals surface area contributed by atoms with Crippen LogP contribution in [0.25, 0.3) is 0 Å². The molecule has 0 amide bonds. The summed E-state index contributed by atoms with van der Waals surface area (Å²) in [5.41, 5.74) is 0. The average Bonchev–Trinajstić information content (AvgIpc) is 1.89. The monoisotopic (exact) mass is 163 g/mol. The fraction of sp³-hybridized carbons (Fsp3) is 0.500. The van der Waals surface area contributed by atoms with Crippen molar-refractivity contribution in [2.75, 3.05) is 20.2 Å². The second-order valence-corrected chi connectivity index (χ2v) is 1.38. The van der Waals surface area contributed by atoms with Crippen LogP contribution in [0.1, 0.15) is 0 Å². The van der Waals surface area contributed by atoms with E-state index >= 15 is 0 Å². The smallest absolute Gasteiger partial charge is 0.319 e. The lowest BCUT2D eigenvalue weighted by Gasteiger charge is -1.96. The number of hydrogen-bond acceptors (Lipinski definition) is 3. The lowest BCUT2D eigenvalue weighted by atomic mass is 10.6. The van der Waals surface area contributed by atoms with Crippen molar-refractivity contribution < 1.29 is 9.53 Å². The first-order chi connectivity index (χ1) is 4.31. The van der Waals surface area contributed by atoms with Crippen molar-refractivity contribution in [1.29, 1.82) is 0 Å². The first-order valence-corrected chi connectivity index (χ1v) is 2.52. The number of halogens is 1. The lowest BCUT2D eigenvalue weighted by Crippen LogP contribution is -2.23. The summed E-state index contributed by atoms with van der Waals surface area (Å²) >= 11 is 0. The Morgan fingerprint density at radius 1 is 1.80 bits per heavy atom. The minimum Gasteiger partial charge on any atom is -0.468 e. The van der Waals surface area contributed by atoms with Gasteiger partial charge in [0.2, 0.25) is 0 Å². The fourth-order valence-electron chi connectivity index (χ4n) is 0.309. The van der Waals surface area contributed by atoms with Crippen LogP contribution in [0.2, 0.25) is 0 Å². The van der Waals surface area contributed by atoms with Crippen LogP contribution in [0.15, 0.2) is 0 Å². The Hall–Kier alpha value is -0.720. The summed E-state index contributed by atoms with van der Waals surface area (Å²) in [6.07, 6.45) is 4.89. The van der Waals surface area contributed by atoms with Gasteiger partial charge in [-0.15, -0.1) is 18.8 Å². The second-order valence-electron chi connectivity index (χ2n) is 1.38. The molecule has 0 unspecified atom stereocenters. The highest BCUT2D eigenvalue weighted by molar-refractivity contribution is 5.85. The molecule has 0 aliphatic rings. The summed E-state index contributed by atoms with van der Waals surface area (Å²) in [6, 6.07) is 0. The normalized spacial score (nSPS) is 7.20. The topological polar surface area (TPSA) is 38.3 Å². The number of carbonyl (C=O) groups is 1. The molecule has 0 atom stereocenters. The molecule has 0 rings (SSSR count). The third kappa shape index (κ3) is 7.28. The molecule has 4 heteroatoms. The molecule has 0 aromatic heterocycles. The van der Waals surface area contributed by atoms with Gasteiger partial charge in [-0.3, -0.25) is 10.1 Å². The van der Waals surface area contributed by atoms with Gasteiger partial charge in [0.05, 0.1) is 20.2 Å². The standard InChI is InChI=1S/C6H9NO2.ClH/c1-3-4-7-5-6(8)9-2;/h1,7H,4-5H2,2H3;1H. The lowest BCUT2D eigenvalue weighted by molar-refractivity contribution is -0.139. The molecule has 0 radical (unpaired) electrons. The molecular weight excluding hydrogens is 154 g/mol. The number of terminal acetylenes is 1. The van der Waals surface area contributed by atoms with E-state index in [0.717, 1.165) is 0 Å². The molecule has 0 aliphatic carbocycles. The molecule has 0 heterocycles. The SMILES string of the molecule is C#CCNCC(=O)OC.Cl. The number of methoxy groups -OCH3 is 1. The molecule has 58 valence electrons. The van der Waals surface area contributed by atoms with Gasteiger partial charge in [0.15, 0.2) is 0 Å². The van der Waals surface area contributed by atoms with Gasteiger partial charge in [0.25, 0.3) is 0 Å². The highest BCUT2D eigenvalue weighted by atomic mass is 35.5. The molecule has 10 heavy (non-hydrogen) atoms. The zero-order valence-corrected chi connectivity index (χ0v) is 6.53. The Balaban J connectivity index is 0. The van der Waals surface area contributed by atoms with E-state index in [1.54, 1.807) is 0 Å². The molecule has 0 aliphatic heterocycles. The first kappa shape index (κ1) is 12.0. The number of esters is 1. The average molecular weight is 164 g/mol. The van der Waals surface area contributed by atoms with E-state index < -0.39 is 0 Å². The Labute approximate surface area is 66.5 Å². The zero-order chi connectivity index (χ0) is 7.11. The van der Waals surface area contributed by atoms with Crippen LogP contribution >= 0.6 is 12.4 Å². The summed E-state index contributed by atoms with van der Waals surface area (Å²) in [5, 5.41) is 2.68. The van der Waals surface area contributed by atoms with Crippen LogP contribution in [0.3, 0.4) is 0 Å². The first-order valence-electron chi connectivity index (χ1n) is 2.52. The number of carbonyl (C=O) groups excluding carboxylic acids is 1. The molecule has 0 fully saturated rings. The van der Waals surface area contributed by atoms with Gasteiger partial charge in [-0.25, -0.2) is 0 Å². The van der Waals surface area contributed by atoms with Gasteiger partial charge < -0.3 is 4.74 Å². The van der Waals surface area contributed by atoms with Crippen LogP contribution in [0.5, 0.6) is 0 Å². The zero-order valence-electron chi connectivity index (χ0n) is 5.72. The van der Waals surface area contributed by atoms with Gasteiger partial charge >= 0.3 is 5.97 Å². The Bertz CT molecular complexity index is 130. The van der Waals surface area contributed by atoms with Gasteiger partial charge in [0, 0.05) is 0 Å². The van der Waals surface area contributed by atoms with Crippen molar-refractivity contribution >= 4 is 18.4 Å². The Kier molecular flexibility index (Phi) is 9.94. The van der Waals surface area contributed by atoms with Gasteiger partial charge in [-0.1, -0.05) is 5.92 Å². The largest absolute Gasteiger partial charge is 0.468 e. The fourth-order valence-corrected chi connectivity index (χ4v) is 0.309. The van der Waals surface area contributed by atoms with Crippen molar-refractivity contribution in [2.45, 2.75) is 0 Å². The van der Waals surface area contributed by atoms with E-state index in [1.807, 2.05) is 0 Å². The second kappa shape index (κ2) is 8.28. The van der Waals surface area contributed by atoms with Crippen molar-refractivity contribution in [3.63, 3.8) is 0 Å². The van der Waals surface area contributed by atoms with E-state index in [0.29, 0.717) is 6.54 Å². The molecule has 0 aromatic carbocycles. The van der Waals surface area contributed by atoms with Crippen LogP contribution in [0, 0.1) is 12.3 Å². The van der Waals surface area contributed by atoms with Crippen molar-refractivity contribution in [1.82, 2.24) is 5.32 Å². The summed E-state index contributed by atoms with van der Waals surface area (Å²) < 4.78 is 4.33. The van der Waals surface area contributed by atoms with E-state index in [2.05, 4.69) is 16.0 Å². The van der Waals surface area contributed by atoms with Gasteiger partial charge in [0.1, 0.15) is 0 Å². The number of nitrogens with one attached hydrogen (secondary N) is 1. The minimum absolute atomic E-state index is 0. The highest BCUT2D eigenvalue weighted by Crippen LogP contribution is 1.67. The maximum atomic E-state index is 10.3. The number of hydrogen-bond donors (Lipinski definition) is 1. The molecule has 0 spiro atoms. The van der Waals surface area contributed by atoms with E-state index in [4.69, 9.17) is 6.42 Å². The maximum absolute atomic E-state index is 10.3. The molecular formula is C6H10ClNO2. The molecule has 0 saturated heterocycles. The predicted octanol–water partition coefficient (Wildman–Crippen LogP) is -0.196. The van der Waals surface area contributed by atoms with Gasteiger partial charge in [-0.05, 0) is 0 Å². The quantitative estimate of drug-likeness (QED) is 0.356. The minimum atomic E-state index is -0.301. The van der Waals surface area contributed by atoms with Gasteiger partial charge in [-0.2, -0.15) is 0 Å². The molecule has 0 aromatic rings. The summed E-state index contributed by atoms with van der Waals surface area (Å²) in [5.74, 6) is 2.03. The molecule has 0 bridgehead atoms. The van der Waals surface area contributed by atoms with Crippen molar-refractivity contribution in [2.24, 2.45) is 0 Å². The van der Waals surface area contributed by atoms with Crippen molar-refractivity contribution in [3.8, 4) is 12.3 Å². The summed E-state index contributed by atoms with van der Waals surface area (Å²) in [4.78, 5) is 10.3. The number of ether oxygens (including phenoxy) is 1.